The molecule has 2 aromatic heterocycles. The zero-order chi connectivity index (χ0) is 15.5. The number of anilines is 1. The molecule has 0 bridgehead atoms. The fourth-order valence-electron chi connectivity index (χ4n) is 3.05. The van der Waals surface area contributed by atoms with Crippen molar-refractivity contribution in [3.8, 4) is 0 Å². The van der Waals surface area contributed by atoms with Crippen LogP contribution in [0, 0.1) is 0 Å². The van der Waals surface area contributed by atoms with Gasteiger partial charge in [-0.25, -0.2) is 9.50 Å². The van der Waals surface area contributed by atoms with Crippen LogP contribution in [0.5, 0.6) is 0 Å². The molecule has 0 unspecified atom stereocenters. The van der Waals surface area contributed by atoms with Crippen LogP contribution in [-0.2, 0) is 6.54 Å². The maximum absolute atomic E-state index is 4.68. The van der Waals surface area contributed by atoms with E-state index in [2.05, 4.69) is 51.0 Å². The Hall–Kier alpha value is -2.40. The Morgan fingerprint density at radius 1 is 1.17 bits per heavy atom. The third-order valence-corrected chi connectivity index (χ3v) is 4.35. The average molecular weight is 307 g/mol. The highest BCUT2D eigenvalue weighted by atomic mass is 15.3. The first kappa shape index (κ1) is 14.2. The number of rotatable bonds is 4. The van der Waals surface area contributed by atoms with Crippen LogP contribution in [0.4, 0.5) is 5.69 Å². The summed E-state index contributed by atoms with van der Waals surface area (Å²) in [5.74, 6) is 1.39. The van der Waals surface area contributed by atoms with E-state index in [0.717, 1.165) is 36.8 Å². The summed E-state index contributed by atoms with van der Waals surface area (Å²) in [6.45, 7) is 2.90. The number of pyridine rings is 1. The Balaban J connectivity index is 1.51. The molecular formula is C18H21N5. The van der Waals surface area contributed by atoms with Crippen molar-refractivity contribution in [2.45, 2.75) is 25.3 Å². The van der Waals surface area contributed by atoms with E-state index in [1.54, 1.807) is 0 Å². The van der Waals surface area contributed by atoms with Crippen LogP contribution in [0.15, 0.2) is 48.7 Å². The number of nitrogens with zero attached hydrogens (tertiary/aromatic N) is 3. The maximum Gasteiger partial charge on any atom is 0.156 e. The predicted octanol–water partition coefficient (Wildman–Crippen LogP) is 2.81. The quantitative estimate of drug-likeness (QED) is 0.778. The van der Waals surface area contributed by atoms with Crippen molar-refractivity contribution in [3.05, 3.63) is 60.0 Å². The summed E-state index contributed by atoms with van der Waals surface area (Å²) >= 11 is 0. The lowest BCUT2D eigenvalue weighted by molar-refractivity contribution is 0.447. The van der Waals surface area contributed by atoms with Gasteiger partial charge in [0.1, 0.15) is 0 Å². The van der Waals surface area contributed by atoms with Gasteiger partial charge in [-0.3, -0.25) is 0 Å². The van der Waals surface area contributed by atoms with Crippen molar-refractivity contribution in [2.24, 2.45) is 0 Å². The Morgan fingerprint density at radius 2 is 2.09 bits per heavy atom. The largest absolute Gasteiger partial charge is 0.380 e. The molecule has 118 valence electrons. The smallest absolute Gasteiger partial charge is 0.156 e. The maximum atomic E-state index is 4.68. The summed E-state index contributed by atoms with van der Waals surface area (Å²) < 4.78 is 1.89. The highest BCUT2D eigenvalue weighted by molar-refractivity contribution is 5.49. The van der Waals surface area contributed by atoms with E-state index in [0.29, 0.717) is 5.92 Å². The van der Waals surface area contributed by atoms with Crippen LogP contribution in [0.1, 0.15) is 30.1 Å². The van der Waals surface area contributed by atoms with Gasteiger partial charge < -0.3 is 10.6 Å². The first-order valence-corrected chi connectivity index (χ1v) is 8.23. The van der Waals surface area contributed by atoms with E-state index < -0.39 is 0 Å². The van der Waals surface area contributed by atoms with Gasteiger partial charge in [0.2, 0.25) is 0 Å². The van der Waals surface area contributed by atoms with Crippen molar-refractivity contribution in [2.75, 3.05) is 18.4 Å². The van der Waals surface area contributed by atoms with Gasteiger partial charge in [-0.05, 0) is 37.1 Å². The Labute approximate surface area is 135 Å². The number of fused-ring (bicyclic) bond motifs is 1. The molecule has 4 rings (SSSR count). The second-order valence-electron chi connectivity index (χ2n) is 6.07. The molecule has 0 aliphatic carbocycles. The summed E-state index contributed by atoms with van der Waals surface area (Å²) in [5.41, 5.74) is 3.23. The molecule has 1 atom stereocenters. The first-order chi connectivity index (χ1) is 11.4. The summed E-state index contributed by atoms with van der Waals surface area (Å²) in [4.78, 5) is 4.68. The summed E-state index contributed by atoms with van der Waals surface area (Å²) in [7, 11) is 0. The predicted molar refractivity (Wildman–Crippen MR) is 91.6 cm³/mol. The highest BCUT2D eigenvalue weighted by Gasteiger charge is 2.19. The van der Waals surface area contributed by atoms with E-state index in [1.165, 1.54) is 18.4 Å². The van der Waals surface area contributed by atoms with Gasteiger partial charge in [0.05, 0.1) is 11.9 Å². The van der Waals surface area contributed by atoms with Crippen molar-refractivity contribution >= 4 is 11.3 Å². The van der Waals surface area contributed by atoms with Gasteiger partial charge in [0.25, 0.3) is 0 Å². The standard InChI is InChI=1S/C18H21N5/c1-2-5-14(6-3-1)11-20-16-8-9-17-21-18(22-23(17)13-16)15-7-4-10-19-12-15/h1-3,5-6,8-9,13,15,19-20H,4,7,10-12H2/t15-/m1/s1. The lowest BCUT2D eigenvalue weighted by Gasteiger charge is -2.19. The van der Waals surface area contributed by atoms with E-state index in [9.17, 15) is 0 Å². The summed E-state index contributed by atoms with van der Waals surface area (Å²) in [5, 5.41) is 11.5. The molecule has 23 heavy (non-hydrogen) atoms. The normalized spacial score (nSPS) is 18.2. The molecule has 0 amide bonds. The topological polar surface area (TPSA) is 54.2 Å². The zero-order valence-electron chi connectivity index (χ0n) is 13.1. The van der Waals surface area contributed by atoms with Gasteiger partial charge >= 0.3 is 0 Å². The van der Waals surface area contributed by atoms with E-state index in [4.69, 9.17) is 0 Å². The second kappa shape index (κ2) is 6.38. The Morgan fingerprint density at radius 3 is 2.91 bits per heavy atom. The SMILES string of the molecule is c1ccc(CNc2ccc3nc([C@@H]4CCCNC4)nn3c2)cc1. The average Bonchev–Trinajstić information content (AvgIpc) is 3.05. The Bertz CT molecular complexity index is 774. The number of hydrogen-bond acceptors (Lipinski definition) is 4. The molecule has 1 saturated heterocycles. The molecule has 1 aliphatic rings. The van der Waals surface area contributed by atoms with Crippen LogP contribution >= 0.6 is 0 Å². The molecule has 3 aromatic rings. The van der Waals surface area contributed by atoms with Crippen molar-refractivity contribution in [1.29, 1.82) is 0 Å². The summed E-state index contributed by atoms with van der Waals surface area (Å²) in [6.07, 6.45) is 4.39. The molecule has 1 fully saturated rings. The highest BCUT2D eigenvalue weighted by Crippen LogP contribution is 2.21. The third kappa shape index (κ3) is 3.19. The lowest BCUT2D eigenvalue weighted by Crippen LogP contribution is -2.28. The van der Waals surface area contributed by atoms with E-state index >= 15 is 0 Å². The van der Waals surface area contributed by atoms with Gasteiger partial charge in [-0.1, -0.05) is 30.3 Å². The molecule has 5 nitrogen and oxygen atoms in total. The minimum atomic E-state index is 0.435. The van der Waals surface area contributed by atoms with Crippen LogP contribution in [-0.4, -0.2) is 27.7 Å². The van der Waals surface area contributed by atoms with Crippen molar-refractivity contribution < 1.29 is 0 Å². The van der Waals surface area contributed by atoms with Crippen LogP contribution in [0.25, 0.3) is 5.65 Å². The third-order valence-electron chi connectivity index (χ3n) is 4.35. The monoisotopic (exact) mass is 307 g/mol. The molecule has 2 N–H and O–H groups in total. The van der Waals surface area contributed by atoms with Gasteiger partial charge in [0.15, 0.2) is 11.5 Å². The summed E-state index contributed by atoms with van der Waals surface area (Å²) in [6, 6.07) is 14.5. The second-order valence-corrected chi connectivity index (χ2v) is 6.07. The zero-order valence-corrected chi connectivity index (χ0v) is 13.1. The van der Waals surface area contributed by atoms with Crippen molar-refractivity contribution in [3.63, 3.8) is 0 Å². The van der Waals surface area contributed by atoms with Gasteiger partial charge in [-0.15, -0.1) is 0 Å². The number of benzene rings is 1. The Kier molecular flexibility index (Phi) is 3.94. The van der Waals surface area contributed by atoms with E-state index in [1.807, 2.05) is 22.8 Å². The number of nitrogens with one attached hydrogen (secondary N) is 2. The molecule has 3 heterocycles. The number of hydrogen-bond donors (Lipinski definition) is 2. The lowest BCUT2D eigenvalue weighted by atomic mass is 9.99. The van der Waals surface area contributed by atoms with Crippen LogP contribution < -0.4 is 10.6 Å². The molecular weight excluding hydrogens is 286 g/mol. The first-order valence-electron chi connectivity index (χ1n) is 8.23. The number of piperidine rings is 1. The van der Waals surface area contributed by atoms with Gasteiger partial charge in [0, 0.05) is 19.0 Å². The molecule has 1 aliphatic heterocycles. The molecule has 5 heteroatoms. The molecule has 0 radical (unpaired) electrons. The minimum Gasteiger partial charge on any atom is -0.380 e. The molecule has 0 spiro atoms. The van der Waals surface area contributed by atoms with Crippen LogP contribution in [0.3, 0.4) is 0 Å². The molecule has 1 aromatic carbocycles. The van der Waals surface area contributed by atoms with Crippen LogP contribution in [0.2, 0.25) is 0 Å². The van der Waals surface area contributed by atoms with Gasteiger partial charge in [-0.2, -0.15) is 5.10 Å². The minimum absolute atomic E-state index is 0.435. The van der Waals surface area contributed by atoms with Crippen molar-refractivity contribution in [1.82, 2.24) is 19.9 Å². The number of aromatic nitrogens is 3. The fourth-order valence-corrected chi connectivity index (χ4v) is 3.05. The fraction of sp³-hybridized carbons (Fsp3) is 0.333. The molecule has 0 saturated carbocycles. The van der Waals surface area contributed by atoms with E-state index in [-0.39, 0.29) is 0 Å².